The number of nitrogen functional groups attached to an aromatic ring is 1. The maximum atomic E-state index is 11.0. The van der Waals surface area contributed by atoms with Crippen molar-refractivity contribution < 1.29 is 9.90 Å². The molecule has 26 heavy (non-hydrogen) atoms. The standard InChI is InChI=1S/C21H21N3O2/c1-21(2,24-20(25)26)16-10-8-15(9-11-16)18-13-23-19(22)12-17(18)14-6-4-3-5-7-14/h3-13,24H,1-2H3,(H2,22,23)(H,25,26). The number of hydrogen-bond donors (Lipinski definition) is 3. The maximum absolute atomic E-state index is 11.0. The summed E-state index contributed by atoms with van der Waals surface area (Å²) < 4.78 is 0. The molecule has 1 amide bonds. The molecule has 0 spiro atoms. The van der Waals surface area contributed by atoms with Gasteiger partial charge >= 0.3 is 6.09 Å². The second kappa shape index (κ2) is 6.88. The summed E-state index contributed by atoms with van der Waals surface area (Å²) in [6, 6.07) is 19.7. The van der Waals surface area contributed by atoms with E-state index in [1.807, 2.05) is 74.5 Å². The van der Waals surface area contributed by atoms with Gasteiger partial charge in [-0.2, -0.15) is 0 Å². The summed E-state index contributed by atoms with van der Waals surface area (Å²) in [6.07, 6.45) is 0.723. The van der Waals surface area contributed by atoms with Gasteiger partial charge in [-0.15, -0.1) is 0 Å². The number of carbonyl (C=O) groups is 1. The molecule has 0 unspecified atom stereocenters. The van der Waals surface area contributed by atoms with Gasteiger partial charge in [0.2, 0.25) is 0 Å². The lowest BCUT2D eigenvalue weighted by molar-refractivity contribution is 0.182. The topological polar surface area (TPSA) is 88.2 Å². The van der Waals surface area contributed by atoms with Crippen LogP contribution >= 0.6 is 0 Å². The largest absolute Gasteiger partial charge is 0.465 e. The highest BCUT2D eigenvalue weighted by molar-refractivity contribution is 5.84. The van der Waals surface area contributed by atoms with E-state index in [-0.39, 0.29) is 0 Å². The van der Waals surface area contributed by atoms with Crippen molar-refractivity contribution in [3.63, 3.8) is 0 Å². The summed E-state index contributed by atoms with van der Waals surface area (Å²) in [4.78, 5) is 15.2. The first-order valence-electron chi connectivity index (χ1n) is 8.30. The average molecular weight is 347 g/mol. The van der Waals surface area contributed by atoms with Crippen molar-refractivity contribution in [3.05, 3.63) is 72.4 Å². The predicted octanol–water partition coefficient (Wildman–Crippen LogP) is 4.50. The highest BCUT2D eigenvalue weighted by Crippen LogP contribution is 2.33. The highest BCUT2D eigenvalue weighted by Gasteiger charge is 2.22. The third-order valence-electron chi connectivity index (χ3n) is 4.35. The molecule has 3 rings (SSSR count). The van der Waals surface area contributed by atoms with E-state index in [0.29, 0.717) is 5.82 Å². The summed E-state index contributed by atoms with van der Waals surface area (Å²) in [5.41, 5.74) is 10.1. The lowest BCUT2D eigenvalue weighted by atomic mass is 9.91. The molecule has 0 saturated heterocycles. The minimum absolute atomic E-state index is 0.469. The van der Waals surface area contributed by atoms with Crippen LogP contribution in [0.1, 0.15) is 19.4 Å². The quantitative estimate of drug-likeness (QED) is 0.648. The van der Waals surface area contributed by atoms with E-state index in [4.69, 9.17) is 10.8 Å². The summed E-state index contributed by atoms with van der Waals surface area (Å²) >= 11 is 0. The van der Waals surface area contributed by atoms with Gasteiger partial charge in [0.05, 0.1) is 5.54 Å². The van der Waals surface area contributed by atoms with Crippen LogP contribution in [0.15, 0.2) is 66.9 Å². The van der Waals surface area contributed by atoms with Crippen LogP contribution < -0.4 is 11.1 Å². The zero-order valence-electron chi connectivity index (χ0n) is 14.7. The van der Waals surface area contributed by atoms with Crippen LogP contribution in [0.5, 0.6) is 0 Å². The van der Waals surface area contributed by atoms with Gasteiger partial charge in [0.15, 0.2) is 0 Å². The van der Waals surface area contributed by atoms with Crippen LogP contribution in [0, 0.1) is 0 Å². The number of benzene rings is 2. The van der Waals surface area contributed by atoms with Gasteiger partial charge < -0.3 is 16.2 Å². The van der Waals surface area contributed by atoms with E-state index >= 15 is 0 Å². The van der Waals surface area contributed by atoms with Crippen LogP contribution in [-0.4, -0.2) is 16.2 Å². The SMILES string of the molecule is CC(C)(NC(=O)O)c1ccc(-c2cnc(N)cc2-c2ccccc2)cc1. The van der Waals surface area contributed by atoms with Crippen molar-refractivity contribution >= 4 is 11.9 Å². The van der Waals surface area contributed by atoms with Gasteiger partial charge in [-0.05, 0) is 42.2 Å². The highest BCUT2D eigenvalue weighted by atomic mass is 16.4. The zero-order valence-corrected chi connectivity index (χ0v) is 14.7. The van der Waals surface area contributed by atoms with E-state index in [0.717, 1.165) is 27.8 Å². The van der Waals surface area contributed by atoms with Crippen LogP contribution in [-0.2, 0) is 5.54 Å². The Morgan fingerprint density at radius 3 is 2.23 bits per heavy atom. The number of nitrogens with two attached hydrogens (primary N) is 1. The normalized spacial score (nSPS) is 11.2. The second-order valence-corrected chi connectivity index (χ2v) is 6.65. The molecule has 0 saturated carbocycles. The number of rotatable bonds is 4. The molecule has 0 radical (unpaired) electrons. The molecule has 0 aliphatic rings. The van der Waals surface area contributed by atoms with Gasteiger partial charge in [0.25, 0.3) is 0 Å². The second-order valence-electron chi connectivity index (χ2n) is 6.65. The van der Waals surface area contributed by atoms with E-state index < -0.39 is 11.6 Å². The fourth-order valence-electron chi connectivity index (χ4n) is 2.96. The number of amides is 1. The molecule has 2 aromatic carbocycles. The Labute approximate surface area is 152 Å². The van der Waals surface area contributed by atoms with Crippen LogP contribution in [0.4, 0.5) is 10.6 Å². The zero-order chi connectivity index (χ0) is 18.7. The molecule has 0 atom stereocenters. The van der Waals surface area contributed by atoms with E-state index in [1.165, 1.54) is 0 Å². The average Bonchev–Trinajstić information content (AvgIpc) is 2.61. The van der Waals surface area contributed by atoms with Gasteiger partial charge in [-0.1, -0.05) is 54.6 Å². The van der Waals surface area contributed by atoms with Crippen LogP contribution in [0.25, 0.3) is 22.3 Å². The van der Waals surface area contributed by atoms with Crippen LogP contribution in [0.3, 0.4) is 0 Å². The molecule has 0 bridgehead atoms. The Balaban J connectivity index is 2.02. The number of aromatic nitrogens is 1. The fraction of sp³-hybridized carbons (Fsp3) is 0.143. The summed E-state index contributed by atoms with van der Waals surface area (Å²) in [5, 5.41) is 11.5. The number of hydrogen-bond acceptors (Lipinski definition) is 3. The minimum Gasteiger partial charge on any atom is -0.465 e. The maximum Gasteiger partial charge on any atom is 0.405 e. The Morgan fingerprint density at radius 1 is 1.00 bits per heavy atom. The molecule has 0 fully saturated rings. The molecule has 0 aliphatic heterocycles. The first-order chi connectivity index (χ1) is 12.4. The van der Waals surface area contributed by atoms with Gasteiger partial charge in [-0.3, -0.25) is 0 Å². The van der Waals surface area contributed by atoms with E-state index in [2.05, 4.69) is 10.3 Å². The predicted molar refractivity (Wildman–Crippen MR) is 104 cm³/mol. The third kappa shape index (κ3) is 3.67. The van der Waals surface area contributed by atoms with Crippen LogP contribution in [0.2, 0.25) is 0 Å². The lowest BCUT2D eigenvalue weighted by Crippen LogP contribution is -2.39. The minimum atomic E-state index is -1.05. The molecular weight excluding hydrogens is 326 g/mol. The Kier molecular flexibility index (Phi) is 4.63. The Morgan fingerprint density at radius 2 is 1.62 bits per heavy atom. The van der Waals surface area contributed by atoms with Crippen molar-refractivity contribution in [2.75, 3.05) is 5.73 Å². The van der Waals surface area contributed by atoms with Gasteiger partial charge in [-0.25, -0.2) is 9.78 Å². The summed E-state index contributed by atoms with van der Waals surface area (Å²) in [6.45, 7) is 3.66. The molecule has 5 heteroatoms. The smallest absolute Gasteiger partial charge is 0.405 e. The third-order valence-corrected chi connectivity index (χ3v) is 4.35. The summed E-state index contributed by atoms with van der Waals surface area (Å²) in [7, 11) is 0. The van der Waals surface area contributed by atoms with Crippen molar-refractivity contribution in [2.45, 2.75) is 19.4 Å². The summed E-state index contributed by atoms with van der Waals surface area (Å²) in [5.74, 6) is 0.469. The Bertz CT molecular complexity index is 920. The number of anilines is 1. The number of nitrogens with zero attached hydrogens (tertiary/aromatic N) is 1. The first kappa shape index (κ1) is 17.5. The number of pyridine rings is 1. The van der Waals surface area contributed by atoms with E-state index in [9.17, 15) is 4.79 Å². The van der Waals surface area contributed by atoms with Crippen molar-refractivity contribution in [3.8, 4) is 22.3 Å². The lowest BCUT2D eigenvalue weighted by Gasteiger charge is -2.25. The first-order valence-corrected chi connectivity index (χ1v) is 8.30. The molecular formula is C21H21N3O2. The van der Waals surface area contributed by atoms with E-state index in [1.54, 1.807) is 6.20 Å². The molecule has 3 aromatic rings. The monoisotopic (exact) mass is 347 g/mol. The molecule has 1 heterocycles. The molecule has 1 aromatic heterocycles. The molecule has 4 N–H and O–H groups in total. The fourth-order valence-corrected chi connectivity index (χ4v) is 2.96. The van der Waals surface area contributed by atoms with Gasteiger partial charge in [0, 0.05) is 11.8 Å². The molecule has 0 aliphatic carbocycles. The number of carboxylic acid groups (broad SMARTS) is 1. The van der Waals surface area contributed by atoms with Crippen molar-refractivity contribution in [2.24, 2.45) is 0 Å². The molecule has 132 valence electrons. The number of nitrogens with one attached hydrogen (secondary N) is 1. The molecule has 5 nitrogen and oxygen atoms in total. The van der Waals surface area contributed by atoms with Gasteiger partial charge in [0.1, 0.15) is 5.82 Å². The Hall–Kier alpha value is -3.34. The van der Waals surface area contributed by atoms with Crippen molar-refractivity contribution in [1.29, 1.82) is 0 Å². The van der Waals surface area contributed by atoms with Crippen molar-refractivity contribution in [1.82, 2.24) is 10.3 Å².